The van der Waals surface area contributed by atoms with Gasteiger partial charge in [0.1, 0.15) is 5.82 Å². The number of nitrogens with zero attached hydrogens (tertiary/aromatic N) is 3. The number of rotatable bonds is 2. The molecule has 0 unspecified atom stereocenters. The normalized spacial score (nSPS) is 16.1. The SMILES string of the molecule is O=C(c1ccsc1)N1CCCN(c2ncccc2C(F)(F)F)CC1. The Morgan fingerprint density at radius 3 is 2.71 bits per heavy atom. The maximum atomic E-state index is 13.2. The number of aromatic nitrogens is 1. The van der Waals surface area contributed by atoms with Crippen LogP contribution in [-0.4, -0.2) is 42.0 Å². The van der Waals surface area contributed by atoms with Gasteiger partial charge in [-0.1, -0.05) is 0 Å². The van der Waals surface area contributed by atoms with Gasteiger partial charge in [-0.2, -0.15) is 24.5 Å². The van der Waals surface area contributed by atoms with Crippen LogP contribution in [0.25, 0.3) is 0 Å². The average Bonchev–Trinajstić information content (AvgIpc) is 2.98. The summed E-state index contributed by atoms with van der Waals surface area (Å²) < 4.78 is 39.5. The summed E-state index contributed by atoms with van der Waals surface area (Å²) in [4.78, 5) is 19.6. The highest BCUT2D eigenvalue weighted by Gasteiger charge is 2.36. The largest absolute Gasteiger partial charge is 0.419 e. The number of thiophene rings is 1. The molecule has 2 aromatic rings. The lowest BCUT2D eigenvalue weighted by atomic mass is 10.2. The molecule has 0 bridgehead atoms. The van der Waals surface area contributed by atoms with Gasteiger partial charge < -0.3 is 9.80 Å². The molecule has 0 saturated carbocycles. The number of halogens is 3. The second-order valence-corrected chi connectivity index (χ2v) is 6.30. The maximum absolute atomic E-state index is 13.2. The first-order valence-corrected chi connectivity index (χ1v) is 8.50. The molecule has 3 heterocycles. The van der Waals surface area contributed by atoms with Gasteiger partial charge in [0, 0.05) is 37.8 Å². The molecular weight excluding hydrogens is 339 g/mol. The molecule has 0 aliphatic carbocycles. The summed E-state index contributed by atoms with van der Waals surface area (Å²) in [6.07, 6.45) is -2.48. The van der Waals surface area contributed by atoms with Crippen LogP contribution in [0, 0.1) is 0 Å². The van der Waals surface area contributed by atoms with Crippen molar-refractivity contribution in [3.8, 4) is 0 Å². The Kier molecular flexibility index (Phi) is 4.75. The minimum atomic E-state index is -4.44. The first-order chi connectivity index (χ1) is 11.5. The second-order valence-electron chi connectivity index (χ2n) is 5.52. The van der Waals surface area contributed by atoms with Crippen LogP contribution in [0.1, 0.15) is 22.3 Å². The zero-order valence-electron chi connectivity index (χ0n) is 12.8. The Hall–Kier alpha value is -2.09. The Labute approximate surface area is 141 Å². The van der Waals surface area contributed by atoms with Gasteiger partial charge in [0.2, 0.25) is 0 Å². The number of anilines is 1. The second kappa shape index (κ2) is 6.80. The Morgan fingerprint density at radius 1 is 1.17 bits per heavy atom. The van der Waals surface area contributed by atoms with E-state index >= 15 is 0 Å². The van der Waals surface area contributed by atoms with Gasteiger partial charge in [0.05, 0.1) is 11.1 Å². The number of amides is 1. The summed E-state index contributed by atoms with van der Waals surface area (Å²) in [5.74, 6) is -0.134. The van der Waals surface area contributed by atoms with Crippen LogP contribution >= 0.6 is 11.3 Å². The number of pyridine rings is 1. The number of alkyl halides is 3. The third kappa shape index (κ3) is 3.53. The monoisotopic (exact) mass is 355 g/mol. The van der Waals surface area contributed by atoms with E-state index in [-0.39, 0.29) is 11.7 Å². The van der Waals surface area contributed by atoms with Crippen LogP contribution < -0.4 is 4.90 Å². The molecule has 4 nitrogen and oxygen atoms in total. The van der Waals surface area contributed by atoms with Crippen molar-refractivity contribution < 1.29 is 18.0 Å². The number of carbonyl (C=O) groups excluding carboxylic acids is 1. The first-order valence-electron chi connectivity index (χ1n) is 7.55. The third-order valence-electron chi connectivity index (χ3n) is 3.94. The van der Waals surface area contributed by atoms with Crippen LogP contribution in [0.4, 0.5) is 19.0 Å². The van der Waals surface area contributed by atoms with E-state index in [4.69, 9.17) is 0 Å². The lowest BCUT2D eigenvalue weighted by Gasteiger charge is -2.25. The van der Waals surface area contributed by atoms with Crippen LogP contribution in [0.5, 0.6) is 0 Å². The minimum Gasteiger partial charge on any atom is -0.354 e. The molecule has 0 atom stereocenters. The number of carbonyl (C=O) groups is 1. The molecule has 3 rings (SSSR count). The van der Waals surface area contributed by atoms with Crippen molar-refractivity contribution in [1.29, 1.82) is 0 Å². The van der Waals surface area contributed by atoms with Gasteiger partial charge >= 0.3 is 6.18 Å². The predicted octanol–water partition coefficient (Wildman–Crippen LogP) is 3.51. The molecule has 1 aliphatic heterocycles. The van der Waals surface area contributed by atoms with Gasteiger partial charge in [-0.05, 0) is 30.0 Å². The highest BCUT2D eigenvalue weighted by atomic mass is 32.1. The van der Waals surface area contributed by atoms with Crippen LogP contribution in [0.15, 0.2) is 35.2 Å². The van der Waals surface area contributed by atoms with Gasteiger partial charge in [0.25, 0.3) is 5.91 Å². The highest BCUT2D eigenvalue weighted by Crippen LogP contribution is 2.35. The average molecular weight is 355 g/mol. The fraction of sp³-hybridized carbons (Fsp3) is 0.375. The molecule has 128 valence electrons. The first kappa shape index (κ1) is 16.8. The predicted molar refractivity (Wildman–Crippen MR) is 86.3 cm³/mol. The minimum absolute atomic E-state index is 0.0603. The van der Waals surface area contributed by atoms with Crippen molar-refractivity contribution >= 4 is 23.1 Å². The molecule has 1 aliphatic rings. The quantitative estimate of drug-likeness (QED) is 0.827. The van der Waals surface area contributed by atoms with E-state index < -0.39 is 11.7 Å². The standard InChI is InChI=1S/C16H16F3N3OS/c17-16(18,19)13-3-1-5-20-14(13)21-6-2-7-22(9-8-21)15(23)12-4-10-24-11-12/h1,3-5,10-11H,2,6-9H2. The van der Waals surface area contributed by atoms with Gasteiger partial charge in [-0.15, -0.1) is 0 Å². The molecule has 2 aromatic heterocycles. The summed E-state index contributed by atoms with van der Waals surface area (Å²) in [6.45, 7) is 1.67. The number of hydrogen-bond acceptors (Lipinski definition) is 4. The summed E-state index contributed by atoms with van der Waals surface area (Å²) in [5.41, 5.74) is -0.107. The van der Waals surface area contributed by atoms with Crippen LogP contribution in [0.2, 0.25) is 0 Å². The summed E-state index contributed by atoms with van der Waals surface area (Å²) in [6, 6.07) is 4.09. The highest BCUT2D eigenvalue weighted by molar-refractivity contribution is 7.08. The molecule has 1 fully saturated rings. The van der Waals surface area contributed by atoms with Crippen molar-refractivity contribution in [2.45, 2.75) is 12.6 Å². The maximum Gasteiger partial charge on any atom is 0.419 e. The Morgan fingerprint density at radius 2 is 2.00 bits per heavy atom. The zero-order chi connectivity index (χ0) is 17.2. The fourth-order valence-corrected chi connectivity index (χ4v) is 3.40. The van der Waals surface area contributed by atoms with Gasteiger partial charge in [-0.3, -0.25) is 4.79 Å². The molecule has 1 saturated heterocycles. The van der Waals surface area contributed by atoms with Gasteiger partial charge in [-0.25, -0.2) is 4.98 Å². The molecule has 24 heavy (non-hydrogen) atoms. The van der Waals surface area contributed by atoms with Crippen molar-refractivity contribution in [2.75, 3.05) is 31.1 Å². The van der Waals surface area contributed by atoms with E-state index in [0.29, 0.717) is 38.2 Å². The van der Waals surface area contributed by atoms with Crippen LogP contribution in [0.3, 0.4) is 0 Å². The van der Waals surface area contributed by atoms with E-state index in [0.717, 1.165) is 6.07 Å². The Bertz CT molecular complexity index is 703. The molecule has 0 radical (unpaired) electrons. The summed E-state index contributed by atoms with van der Waals surface area (Å²) >= 11 is 1.45. The van der Waals surface area contributed by atoms with E-state index in [9.17, 15) is 18.0 Å². The molecule has 1 amide bonds. The van der Waals surface area contributed by atoms with E-state index in [1.54, 1.807) is 21.2 Å². The summed E-state index contributed by atoms with van der Waals surface area (Å²) in [5, 5.41) is 3.62. The van der Waals surface area contributed by atoms with Crippen molar-refractivity contribution in [3.63, 3.8) is 0 Å². The number of hydrogen-bond donors (Lipinski definition) is 0. The van der Waals surface area contributed by atoms with Crippen LogP contribution in [-0.2, 0) is 6.18 Å². The van der Waals surface area contributed by atoms with E-state index in [1.165, 1.54) is 23.6 Å². The summed E-state index contributed by atoms with van der Waals surface area (Å²) in [7, 11) is 0. The van der Waals surface area contributed by atoms with Crippen molar-refractivity contribution in [3.05, 3.63) is 46.3 Å². The smallest absolute Gasteiger partial charge is 0.354 e. The molecule has 0 N–H and O–H groups in total. The van der Waals surface area contributed by atoms with Gasteiger partial charge in [0.15, 0.2) is 0 Å². The molecule has 0 spiro atoms. The van der Waals surface area contributed by atoms with Crippen molar-refractivity contribution in [1.82, 2.24) is 9.88 Å². The molecule has 8 heteroatoms. The van der Waals surface area contributed by atoms with E-state index in [2.05, 4.69) is 4.98 Å². The lowest BCUT2D eigenvalue weighted by molar-refractivity contribution is -0.137. The Balaban J connectivity index is 1.76. The topological polar surface area (TPSA) is 36.4 Å². The zero-order valence-corrected chi connectivity index (χ0v) is 13.6. The van der Waals surface area contributed by atoms with E-state index in [1.807, 2.05) is 5.38 Å². The van der Waals surface area contributed by atoms with Crippen molar-refractivity contribution in [2.24, 2.45) is 0 Å². The molecule has 0 aromatic carbocycles. The molecular formula is C16H16F3N3OS. The lowest BCUT2D eigenvalue weighted by Crippen LogP contribution is -2.35. The third-order valence-corrected chi connectivity index (χ3v) is 4.63. The fourth-order valence-electron chi connectivity index (χ4n) is 2.77.